The molecular formula is C13H16N2O5. The van der Waals surface area contributed by atoms with Gasteiger partial charge in [0.15, 0.2) is 11.8 Å². The fraction of sp³-hybridized carbons (Fsp3) is 0.615. The van der Waals surface area contributed by atoms with Crippen LogP contribution in [0.1, 0.15) is 35.0 Å². The first kappa shape index (κ1) is 13.1. The molecule has 2 heterocycles. The van der Waals surface area contributed by atoms with Crippen LogP contribution in [0.5, 0.6) is 0 Å². The molecule has 0 spiro atoms. The van der Waals surface area contributed by atoms with Crippen molar-refractivity contribution in [2.45, 2.75) is 24.9 Å². The third-order valence-electron chi connectivity index (χ3n) is 3.54. The number of nitrogens with zero attached hydrogens (tertiary/aromatic N) is 2. The molecular weight excluding hydrogens is 264 g/mol. The van der Waals surface area contributed by atoms with Gasteiger partial charge >= 0.3 is 5.97 Å². The van der Waals surface area contributed by atoms with E-state index in [1.54, 1.807) is 11.0 Å². The number of carbonyl (C=O) groups excluding carboxylic acids is 2. The van der Waals surface area contributed by atoms with Gasteiger partial charge < -0.3 is 18.9 Å². The highest BCUT2D eigenvalue weighted by Crippen LogP contribution is 2.40. The van der Waals surface area contributed by atoms with Gasteiger partial charge in [0.25, 0.3) is 5.91 Å². The summed E-state index contributed by atoms with van der Waals surface area (Å²) in [7, 11) is 1.30. The molecule has 1 aromatic heterocycles. The number of aromatic nitrogens is 1. The minimum Gasteiger partial charge on any atom is -0.467 e. The minimum atomic E-state index is -0.729. The molecule has 0 aromatic carbocycles. The standard InChI is InChI=1S/C13H16N2O5/c1-18-13(17)11-7-15(4-5-19-11)12(16)9-6-10(20-14-9)8-2-3-8/h6,8,11H,2-5,7H2,1H3. The molecule has 0 radical (unpaired) electrons. The summed E-state index contributed by atoms with van der Waals surface area (Å²) in [5, 5.41) is 3.82. The molecule has 2 aliphatic rings. The maximum atomic E-state index is 12.3. The van der Waals surface area contributed by atoms with Crippen molar-refractivity contribution in [3.05, 3.63) is 17.5 Å². The van der Waals surface area contributed by atoms with Crippen LogP contribution < -0.4 is 0 Å². The van der Waals surface area contributed by atoms with E-state index in [0.29, 0.717) is 19.1 Å². The first-order chi connectivity index (χ1) is 9.69. The van der Waals surface area contributed by atoms with Gasteiger partial charge in [0.1, 0.15) is 5.76 Å². The lowest BCUT2D eigenvalue weighted by atomic mass is 10.2. The van der Waals surface area contributed by atoms with Crippen molar-refractivity contribution in [3.63, 3.8) is 0 Å². The van der Waals surface area contributed by atoms with Crippen LogP contribution in [-0.2, 0) is 14.3 Å². The summed E-state index contributed by atoms with van der Waals surface area (Å²) in [5.41, 5.74) is 0.289. The van der Waals surface area contributed by atoms with Crippen LogP contribution in [0.2, 0.25) is 0 Å². The van der Waals surface area contributed by atoms with E-state index < -0.39 is 12.1 Å². The normalized spacial score (nSPS) is 22.6. The zero-order valence-electron chi connectivity index (χ0n) is 11.2. The first-order valence-electron chi connectivity index (χ1n) is 6.64. The molecule has 7 heteroatoms. The van der Waals surface area contributed by atoms with Crippen molar-refractivity contribution in [1.82, 2.24) is 10.1 Å². The molecule has 1 unspecified atom stereocenters. The van der Waals surface area contributed by atoms with E-state index in [1.165, 1.54) is 7.11 Å². The van der Waals surface area contributed by atoms with Crippen molar-refractivity contribution in [2.24, 2.45) is 0 Å². The Balaban J connectivity index is 1.67. The summed E-state index contributed by atoms with van der Waals surface area (Å²) < 4.78 is 15.1. The van der Waals surface area contributed by atoms with Crippen LogP contribution in [0.3, 0.4) is 0 Å². The molecule has 7 nitrogen and oxygen atoms in total. The van der Waals surface area contributed by atoms with Gasteiger partial charge in [-0.1, -0.05) is 5.16 Å². The maximum Gasteiger partial charge on any atom is 0.336 e. The molecule has 1 aliphatic carbocycles. The highest BCUT2D eigenvalue weighted by molar-refractivity contribution is 5.92. The number of hydrogen-bond donors (Lipinski definition) is 0. The molecule has 2 fully saturated rings. The summed E-state index contributed by atoms with van der Waals surface area (Å²) in [5.74, 6) is 0.474. The van der Waals surface area contributed by atoms with Crippen molar-refractivity contribution < 1.29 is 23.6 Å². The second-order valence-corrected chi connectivity index (χ2v) is 5.02. The Kier molecular flexibility index (Phi) is 3.43. The van der Waals surface area contributed by atoms with E-state index in [-0.39, 0.29) is 18.1 Å². The van der Waals surface area contributed by atoms with E-state index in [4.69, 9.17) is 9.26 Å². The average Bonchev–Trinajstić information content (AvgIpc) is 3.23. The Morgan fingerprint density at radius 2 is 2.25 bits per heavy atom. The Morgan fingerprint density at radius 3 is 2.95 bits per heavy atom. The van der Waals surface area contributed by atoms with Gasteiger partial charge in [-0.05, 0) is 12.8 Å². The van der Waals surface area contributed by atoms with Crippen molar-refractivity contribution >= 4 is 11.9 Å². The Bertz CT molecular complexity index is 523. The fourth-order valence-corrected chi connectivity index (χ4v) is 2.22. The first-order valence-corrected chi connectivity index (χ1v) is 6.64. The number of methoxy groups -OCH3 is 1. The molecule has 1 atom stereocenters. The van der Waals surface area contributed by atoms with Crippen molar-refractivity contribution in [1.29, 1.82) is 0 Å². The summed E-state index contributed by atoms with van der Waals surface area (Å²) in [4.78, 5) is 25.3. The third kappa shape index (κ3) is 2.53. The third-order valence-corrected chi connectivity index (χ3v) is 3.54. The van der Waals surface area contributed by atoms with Gasteiger partial charge in [-0.2, -0.15) is 0 Å². The molecule has 1 saturated carbocycles. The van der Waals surface area contributed by atoms with Gasteiger partial charge in [-0.25, -0.2) is 4.79 Å². The molecule has 1 aromatic rings. The number of ether oxygens (including phenoxy) is 2. The highest BCUT2D eigenvalue weighted by atomic mass is 16.6. The number of rotatable bonds is 3. The van der Waals surface area contributed by atoms with Crippen LogP contribution >= 0.6 is 0 Å². The fourth-order valence-electron chi connectivity index (χ4n) is 2.22. The highest BCUT2D eigenvalue weighted by Gasteiger charge is 2.33. The van der Waals surface area contributed by atoms with Crippen LogP contribution in [-0.4, -0.2) is 54.8 Å². The van der Waals surface area contributed by atoms with Crippen LogP contribution in [0, 0.1) is 0 Å². The topological polar surface area (TPSA) is 81.9 Å². The zero-order valence-corrected chi connectivity index (χ0v) is 11.2. The van der Waals surface area contributed by atoms with Crippen LogP contribution in [0.15, 0.2) is 10.6 Å². The molecule has 0 bridgehead atoms. The number of hydrogen-bond acceptors (Lipinski definition) is 6. The molecule has 1 aliphatic heterocycles. The maximum absolute atomic E-state index is 12.3. The summed E-state index contributed by atoms with van der Waals surface area (Å²) in [6, 6.07) is 1.70. The molecule has 108 valence electrons. The van der Waals surface area contributed by atoms with E-state index in [0.717, 1.165) is 18.6 Å². The lowest BCUT2D eigenvalue weighted by Gasteiger charge is -2.30. The predicted molar refractivity (Wildman–Crippen MR) is 66.1 cm³/mol. The van der Waals surface area contributed by atoms with E-state index in [9.17, 15) is 9.59 Å². The largest absolute Gasteiger partial charge is 0.467 e. The van der Waals surface area contributed by atoms with Gasteiger partial charge in [0.2, 0.25) is 0 Å². The van der Waals surface area contributed by atoms with Crippen molar-refractivity contribution in [3.8, 4) is 0 Å². The Morgan fingerprint density at radius 1 is 1.45 bits per heavy atom. The molecule has 1 amide bonds. The molecule has 0 N–H and O–H groups in total. The monoisotopic (exact) mass is 280 g/mol. The van der Waals surface area contributed by atoms with E-state index in [2.05, 4.69) is 9.89 Å². The van der Waals surface area contributed by atoms with Gasteiger partial charge in [-0.15, -0.1) is 0 Å². The zero-order chi connectivity index (χ0) is 14.1. The lowest BCUT2D eigenvalue weighted by molar-refractivity contribution is -0.158. The molecule has 20 heavy (non-hydrogen) atoms. The number of esters is 1. The summed E-state index contributed by atoms with van der Waals surface area (Å²) >= 11 is 0. The van der Waals surface area contributed by atoms with E-state index in [1.807, 2.05) is 0 Å². The smallest absolute Gasteiger partial charge is 0.336 e. The number of amides is 1. The molecule has 1 saturated heterocycles. The van der Waals surface area contributed by atoms with E-state index >= 15 is 0 Å². The number of carbonyl (C=O) groups is 2. The second-order valence-electron chi connectivity index (χ2n) is 5.02. The van der Waals surface area contributed by atoms with Gasteiger partial charge in [-0.3, -0.25) is 4.79 Å². The predicted octanol–water partition coefficient (Wildman–Crippen LogP) is 0.566. The van der Waals surface area contributed by atoms with Crippen molar-refractivity contribution in [2.75, 3.05) is 26.8 Å². The lowest BCUT2D eigenvalue weighted by Crippen LogP contribution is -2.49. The minimum absolute atomic E-state index is 0.178. The molecule has 3 rings (SSSR count). The Hall–Kier alpha value is -1.89. The van der Waals surface area contributed by atoms with Crippen LogP contribution in [0.25, 0.3) is 0 Å². The number of morpholine rings is 1. The average molecular weight is 280 g/mol. The summed E-state index contributed by atoms with van der Waals surface area (Å²) in [6.45, 7) is 0.911. The van der Waals surface area contributed by atoms with Gasteiger partial charge in [0, 0.05) is 18.5 Å². The van der Waals surface area contributed by atoms with Crippen LogP contribution in [0.4, 0.5) is 0 Å². The van der Waals surface area contributed by atoms with Gasteiger partial charge in [0.05, 0.1) is 20.3 Å². The Labute approximate surface area is 115 Å². The SMILES string of the molecule is COC(=O)C1CN(C(=O)c2cc(C3CC3)on2)CCO1. The summed E-state index contributed by atoms with van der Waals surface area (Å²) in [6.07, 6.45) is 1.45. The second kappa shape index (κ2) is 5.24. The quantitative estimate of drug-likeness (QED) is 0.753.